The summed E-state index contributed by atoms with van der Waals surface area (Å²) in [5, 5.41) is 0. The number of nitrogens with zero attached hydrogens (tertiary/aromatic N) is 1. The molecule has 3 nitrogen and oxygen atoms in total. The van der Waals surface area contributed by atoms with Gasteiger partial charge in [-0.1, -0.05) is 19.8 Å². The molecule has 90 valence electrons. The molecule has 1 fully saturated rings. The van der Waals surface area contributed by atoms with Crippen molar-refractivity contribution in [3.63, 3.8) is 0 Å². The van der Waals surface area contributed by atoms with E-state index in [4.69, 9.17) is 10.5 Å². The second-order valence-electron chi connectivity index (χ2n) is 4.49. The molecule has 1 saturated carbocycles. The molecule has 0 aromatic heterocycles. The fourth-order valence-corrected chi connectivity index (χ4v) is 2.12. The van der Waals surface area contributed by atoms with Gasteiger partial charge in [-0.2, -0.15) is 0 Å². The summed E-state index contributed by atoms with van der Waals surface area (Å²) in [6.07, 6.45) is 6.50. The van der Waals surface area contributed by atoms with Crippen LogP contribution in [0.25, 0.3) is 0 Å². The summed E-state index contributed by atoms with van der Waals surface area (Å²) in [4.78, 5) is 2.57. The molecular weight excluding hydrogens is 188 g/mol. The predicted molar refractivity (Wildman–Crippen MR) is 64.0 cm³/mol. The van der Waals surface area contributed by atoms with Crippen molar-refractivity contribution in [2.75, 3.05) is 26.8 Å². The van der Waals surface area contributed by atoms with Gasteiger partial charge in [0.15, 0.2) is 0 Å². The Kier molecular flexibility index (Phi) is 6.22. The average Bonchev–Trinajstić information content (AvgIpc) is 3.07. The van der Waals surface area contributed by atoms with Gasteiger partial charge in [-0.05, 0) is 19.3 Å². The zero-order chi connectivity index (χ0) is 11.1. The molecule has 1 atom stereocenters. The van der Waals surface area contributed by atoms with Crippen molar-refractivity contribution in [3.8, 4) is 0 Å². The third-order valence-electron chi connectivity index (χ3n) is 3.20. The van der Waals surface area contributed by atoms with Crippen LogP contribution in [0.5, 0.6) is 0 Å². The molecule has 0 amide bonds. The Hall–Kier alpha value is -0.120. The summed E-state index contributed by atoms with van der Waals surface area (Å²) < 4.78 is 5.17. The van der Waals surface area contributed by atoms with Crippen LogP contribution in [-0.4, -0.2) is 43.8 Å². The molecule has 1 unspecified atom stereocenters. The number of methoxy groups -OCH3 is 1. The van der Waals surface area contributed by atoms with E-state index in [-0.39, 0.29) is 0 Å². The molecule has 1 rings (SSSR count). The van der Waals surface area contributed by atoms with Crippen LogP contribution in [0.2, 0.25) is 0 Å². The molecule has 0 heterocycles. The van der Waals surface area contributed by atoms with E-state index in [0.717, 1.165) is 25.7 Å². The van der Waals surface area contributed by atoms with Gasteiger partial charge in [0.05, 0.1) is 6.61 Å². The first-order valence-electron chi connectivity index (χ1n) is 6.28. The minimum atomic E-state index is 0.576. The molecule has 0 aliphatic heterocycles. The lowest BCUT2D eigenvalue weighted by Gasteiger charge is -2.30. The lowest BCUT2D eigenvalue weighted by Crippen LogP contribution is -2.43. The van der Waals surface area contributed by atoms with Crippen molar-refractivity contribution in [1.29, 1.82) is 0 Å². The maximum absolute atomic E-state index is 5.87. The van der Waals surface area contributed by atoms with E-state index in [1.54, 1.807) is 7.11 Å². The van der Waals surface area contributed by atoms with Crippen LogP contribution < -0.4 is 5.73 Å². The van der Waals surface area contributed by atoms with Crippen LogP contribution >= 0.6 is 0 Å². The van der Waals surface area contributed by atoms with E-state index in [9.17, 15) is 0 Å². The van der Waals surface area contributed by atoms with Crippen LogP contribution in [0, 0.1) is 0 Å². The third-order valence-corrected chi connectivity index (χ3v) is 3.20. The van der Waals surface area contributed by atoms with Gasteiger partial charge in [0.2, 0.25) is 0 Å². The van der Waals surface area contributed by atoms with Gasteiger partial charge in [0.25, 0.3) is 0 Å². The Bertz CT molecular complexity index is 160. The Morgan fingerprint density at radius 1 is 1.47 bits per heavy atom. The highest BCUT2D eigenvalue weighted by molar-refractivity contribution is 4.89. The van der Waals surface area contributed by atoms with E-state index in [1.807, 2.05) is 0 Å². The molecule has 0 saturated heterocycles. The Morgan fingerprint density at radius 3 is 2.67 bits per heavy atom. The van der Waals surface area contributed by atoms with Crippen molar-refractivity contribution >= 4 is 0 Å². The minimum absolute atomic E-state index is 0.576. The van der Waals surface area contributed by atoms with Crippen LogP contribution in [0.15, 0.2) is 0 Å². The van der Waals surface area contributed by atoms with E-state index in [0.29, 0.717) is 6.04 Å². The van der Waals surface area contributed by atoms with Crippen LogP contribution in [0.1, 0.15) is 39.0 Å². The van der Waals surface area contributed by atoms with Crippen molar-refractivity contribution in [2.24, 2.45) is 5.73 Å². The fraction of sp³-hybridized carbons (Fsp3) is 1.00. The summed E-state index contributed by atoms with van der Waals surface area (Å²) in [5.74, 6) is 0. The van der Waals surface area contributed by atoms with Crippen LogP contribution in [0.3, 0.4) is 0 Å². The number of hydrogen-bond acceptors (Lipinski definition) is 3. The molecule has 3 heteroatoms. The topological polar surface area (TPSA) is 38.5 Å². The van der Waals surface area contributed by atoms with E-state index >= 15 is 0 Å². The van der Waals surface area contributed by atoms with Crippen molar-refractivity contribution < 1.29 is 4.74 Å². The summed E-state index contributed by atoms with van der Waals surface area (Å²) in [5.41, 5.74) is 5.87. The quantitative estimate of drug-likeness (QED) is 0.634. The number of rotatable bonds is 9. The minimum Gasteiger partial charge on any atom is -0.383 e. The number of ether oxygens (including phenoxy) is 1. The van der Waals surface area contributed by atoms with Gasteiger partial charge in [-0.25, -0.2) is 0 Å². The van der Waals surface area contributed by atoms with E-state index in [1.165, 1.54) is 32.1 Å². The molecular formula is C12H26N2O. The van der Waals surface area contributed by atoms with Gasteiger partial charge in [-0.15, -0.1) is 0 Å². The lowest BCUT2D eigenvalue weighted by molar-refractivity contribution is 0.111. The first-order chi connectivity index (χ1) is 7.33. The van der Waals surface area contributed by atoms with Gasteiger partial charge < -0.3 is 10.5 Å². The molecule has 0 spiro atoms. The zero-order valence-electron chi connectivity index (χ0n) is 10.2. The summed E-state index contributed by atoms with van der Waals surface area (Å²) in [6.45, 7) is 4.91. The van der Waals surface area contributed by atoms with Crippen molar-refractivity contribution in [1.82, 2.24) is 4.90 Å². The van der Waals surface area contributed by atoms with Crippen molar-refractivity contribution in [3.05, 3.63) is 0 Å². The molecule has 0 radical (unpaired) electrons. The summed E-state index contributed by atoms with van der Waals surface area (Å²) in [6, 6.07) is 1.37. The van der Waals surface area contributed by atoms with E-state index < -0.39 is 0 Å². The molecule has 1 aliphatic rings. The average molecular weight is 214 g/mol. The Balaban J connectivity index is 2.35. The van der Waals surface area contributed by atoms with Crippen molar-refractivity contribution in [2.45, 2.75) is 51.1 Å². The highest BCUT2D eigenvalue weighted by Gasteiger charge is 2.32. The monoisotopic (exact) mass is 214 g/mol. The number of hydrogen-bond donors (Lipinski definition) is 1. The molecule has 1 aliphatic carbocycles. The zero-order valence-corrected chi connectivity index (χ0v) is 10.2. The highest BCUT2D eigenvalue weighted by Crippen LogP contribution is 2.29. The molecule has 0 aromatic rings. The van der Waals surface area contributed by atoms with Crippen LogP contribution in [-0.2, 0) is 4.74 Å². The predicted octanol–water partition coefficient (Wildman–Crippen LogP) is 1.61. The SMILES string of the molecule is CCCCC(CN)N(CCOC)C1CC1. The van der Waals surface area contributed by atoms with Gasteiger partial charge in [0.1, 0.15) is 0 Å². The van der Waals surface area contributed by atoms with Gasteiger partial charge in [0, 0.05) is 32.3 Å². The molecule has 0 bridgehead atoms. The maximum atomic E-state index is 5.87. The normalized spacial score (nSPS) is 18.4. The van der Waals surface area contributed by atoms with Gasteiger partial charge >= 0.3 is 0 Å². The van der Waals surface area contributed by atoms with Crippen LogP contribution in [0.4, 0.5) is 0 Å². The summed E-state index contributed by atoms with van der Waals surface area (Å²) in [7, 11) is 1.77. The highest BCUT2D eigenvalue weighted by atomic mass is 16.5. The molecule has 2 N–H and O–H groups in total. The second-order valence-corrected chi connectivity index (χ2v) is 4.49. The number of nitrogens with two attached hydrogens (primary N) is 1. The standard InChI is InChI=1S/C12H26N2O/c1-3-4-5-12(10-13)14(8-9-15-2)11-6-7-11/h11-12H,3-10,13H2,1-2H3. The lowest BCUT2D eigenvalue weighted by atomic mass is 10.1. The first kappa shape index (κ1) is 12.9. The molecule has 0 aromatic carbocycles. The second kappa shape index (κ2) is 7.20. The number of unbranched alkanes of at least 4 members (excludes halogenated alkanes) is 1. The third kappa shape index (κ3) is 4.49. The Morgan fingerprint density at radius 2 is 2.20 bits per heavy atom. The molecule has 15 heavy (non-hydrogen) atoms. The van der Waals surface area contributed by atoms with Gasteiger partial charge in [-0.3, -0.25) is 4.90 Å². The fourth-order valence-electron chi connectivity index (χ4n) is 2.12. The largest absolute Gasteiger partial charge is 0.383 e. The van der Waals surface area contributed by atoms with E-state index in [2.05, 4.69) is 11.8 Å². The Labute approximate surface area is 94.0 Å². The summed E-state index contributed by atoms with van der Waals surface area (Å²) >= 11 is 0. The smallest absolute Gasteiger partial charge is 0.0589 e. The first-order valence-corrected chi connectivity index (χ1v) is 6.28. The maximum Gasteiger partial charge on any atom is 0.0589 e.